The van der Waals surface area contributed by atoms with E-state index in [9.17, 15) is 13.4 Å². The Kier molecular flexibility index (Phi) is 6.50. The Morgan fingerprint density at radius 1 is 1.16 bits per heavy atom. The lowest BCUT2D eigenvalue weighted by Crippen LogP contribution is -2.15. The first-order chi connectivity index (χ1) is 14.7. The molecule has 162 valence electrons. The molecule has 0 saturated carbocycles. The quantitative estimate of drug-likeness (QED) is 0.558. The zero-order valence-corrected chi connectivity index (χ0v) is 18.0. The van der Waals surface area contributed by atoms with E-state index in [1.807, 2.05) is 0 Å². The molecule has 0 aliphatic rings. The van der Waals surface area contributed by atoms with Gasteiger partial charge in [0.15, 0.2) is 11.5 Å². The van der Waals surface area contributed by atoms with Gasteiger partial charge < -0.3 is 14.8 Å². The fraction of sp³-hybridized carbons (Fsp3) is 0.190. The minimum atomic E-state index is -2.94. The lowest BCUT2D eigenvalue weighted by Gasteiger charge is -2.14. The van der Waals surface area contributed by atoms with Crippen LogP contribution in [0, 0.1) is 17.5 Å². The van der Waals surface area contributed by atoms with E-state index in [0.29, 0.717) is 22.9 Å². The molecular weight excluding hydrogens is 423 g/mol. The van der Waals surface area contributed by atoms with E-state index in [4.69, 9.17) is 14.3 Å². The predicted octanol–water partition coefficient (Wildman–Crippen LogP) is 4.40. The van der Waals surface area contributed by atoms with Crippen LogP contribution in [-0.2, 0) is 9.73 Å². The Labute approximate surface area is 179 Å². The molecule has 3 rings (SSSR count). The number of carbonyl (C=O) groups is 1. The summed E-state index contributed by atoms with van der Waals surface area (Å²) in [6.07, 6.45) is 1.30. The van der Waals surface area contributed by atoms with Gasteiger partial charge in [0.2, 0.25) is 0 Å². The van der Waals surface area contributed by atoms with Gasteiger partial charge in [0.25, 0.3) is 11.8 Å². The summed E-state index contributed by atoms with van der Waals surface area (Å²) in [6.45, 7) is 3.71. The molecular formula is C21H21FN4O4S. The first-order valence-corrected chi connectivity index (χ1v) is 11.2. The Morgan fingerprint density at radius 2 is 1.94 bits per heavy atom. The molecule has 2 N–H and O–H groups in total. The maximum absolute atomic E-state index is 13.6. The molecule has 0 fully saturated rings. The SMILES string of the molecule is CCOc1cc(F)ccc1Oc1nnc(C)cc1C(=O)Nc1cccc(S(C)(=N)=O)c1. The summed E-state index contributed by atoms with van der Waals surface area (Å²) in [5.74, 6) is -0.788. The molecule has 8 nitrogen and oxygen atoms in total. The zero-order chi connectivity index (χ0) is 22.6. The molecule has 1 aromatic heterocycles. The van der Waals surface area contributed by atoms with Gasteiger partial charge in [0, 0.05) is 22.9 Å². The maximum atomic E-state index is 13.6. The lowest BCUT2D eigenvalue weighted by molar-refractivity contribution is 0.102. The second-order valence-electron chi connectivity index (χ2n) is 6.66. The molecule has 0 saturated heterocycles. The topological polar surface area (TPSA) is 114 Å². The maximum Gasteiger partial charge on any atom is 0.261 e. The van der Waals surface area contributed by atoms with Gasteiger partial charge in [-0.05, 0) is 50.2 Å². The monoisotopic (exact) mass is 444 g/mol. The van der Waals surface area contributed by atoms with Gasteiger partial charge in [0.1, 0.15) is 11.4 Å². The fourth-order valence-corrected chi connectivity index (χ4v) is 3.36. The van der Waals surface area contributed by atoms with Gasteiger partial charge in [-0.1, -0.05) is 6.07 Å². The van der Waals surface area contributed by atoms with Crippen LogP contribution in [0.3, 0.4) is 0 Å². The largest absolute Gasteiger partial charge is 0.490 e. The van der Waals surface area contributed by atoms with Crippen molar-refractivity contribution < 1.29 is 22.9 Å². The molecule has 1 unspecified atom stereocenters. The van der Waals surface area contributed by atoms with E-state index in [1.165, 1.54) is 36.6 Å². The Hall–Kier alpha value is -3.53. The Morgan fingerprint density at radius 3 is 2.65 bits per heavy atom. The number of aromatic nitrogens is 2. The Balaban J connectivity index is 1.93. The number of hydrogen-bond acceptors (Lipinski definition) is 7. The fourth-order valence-electron chi connectivity index (χ4n) is 2.67. The van der Waals surface area contributed by atoms with Gasteiger partial charge in [-0.3, -0.25) is 4.79 Å². The number of amides is 1. The van der Waals surface area contributed by atoms with Gasteiger partial charge in [-0.25, -0.2) is 13.4 Å². The van der Waals surface area contributed by atoms with Crippen LogP contribution in [-0.4, -0.2) is 33.2 Å². The summed E-state index contributed by atoms with van der Waals surface area (Å²) in [7, 11) is -2.94. The standard InChI is InChI=1S/C21H21FN4O4S/c1-4-29-19-11-14(22)8-9-18(19)30-21-17(10-13(2)25-26-21)20(27)24-15-6-5-7-16(12-15)31(3,23)28/h5-12,23H,4H2,1-3H3,(H,24,27). The van der Waals surface area contributed by atoms with E-state index < -0.39 is 21.5 Å². The van der Waals surface area contributed by atoms with Gasteiger partial charge in [-0.15, -0.1) is 5.10 Å². The number of aryl methyl sites for hydroxylation is 1. The summed E-state index contributed by atoms with van der Waals surface area (Å²) in [4.78, 5) is 13.2. The van der Waals surface area contributed by atoms with Crippen LogP contribution in [0.1, 0.15) is 23.0 Å². The van der Waals surface area contributed by atoms with E-state index >= 15 is 0 Å². The van der Waals surface area contributed by atoms with E-state index in [-0.39, 0.29) is 22.9 Å². The van der Waals surface area contributed by atoms with Crippen molar-refractivity contribution in [2.45, 2.75) is 18.7 Å². The molecule has 10 heteroatoms. The van der Waals surface area contributed by atoms with E-state index in [2.05, 4.69) is 15.5 Å². The summed E-state index contributed by atoms with van der Waals surface area (Å²) in [5, 5.41) is 10.6. The lowest BCUT2D eigenvalue weighted by atomic mass is 10.2. The van der Waals surface area contributed by atoms with E-state index in [0.717, 1.165) is 0 Å². The predicted molar refractivity (Wildman–Crippen MR) is 114 cm³/mol. The second kappa shape index (κ2) is 9.09. The van der Waals surface area contributed by atoms with Crippen molar-refractivity contribution in [1.29, 1.82) is 4.78 Å². The third-order valence-electron chi connectivity index (χ3n) is 4.08. The number of rotatable bonds is 7. The zero-order valence-electron chi connectivity index (χ0n) is 17.1. The minimum Gasteiger partial charge on any atom is -0.490 e. The highest BCUT2D eigenvalue weighted by atomic mass is 32.2. The highest BCUT2D eigenvalue weighted by molar-refractivity contribution is 7.91. The van der Waals surface area contributed by atoms with Crippen LogP contribution in [0.5, 0.6) is 17.4 Å². The van der Waals surface area contributed by atoms with Gasteiger partial charge in [-0.2, -0.15) is 5.10 Å². The van der Waals surface area contributed by atoms with Crippen LogP contribution in [0.4, 0.5) is 10.1 Å². The highest BCUT2D eigenvalue weighted by Crippen LogP contribution is 2.33. The third-order valence-corrected chi connectivity index (χ3v) is 5.23. The second-order valence-corrected chi connectivity index (χ2v) is 8.81. The molecule has 2 aromatic carbocycles. The summed E-state index contributed by atoms with van der Waals surface area (Å²) in [6, 6.07) is 11.5. The Bertz CT molecular complexity index is 1230. The summed E-state index contributed by atoms with van der Waals surface area (Å²) in [5.41, 5.74) is 0.937. The first-order valence-electron chi connectivity index (χ1n) is 9.27. The smallest absolute Gasteiger partial charge is 0.261 e. The van der Waals surface area contributed by atoms with Crippen molar-refractivity contribution in [2.24, 2.45) is 0 Å². The summed E-state index contributed by atoms with van der Waals surface area (Å²) >= 11 is 0. The first kappa shape index (κ1) is 22.2. The van der Waals surface area contributed by atoms with Crippen molar-refractivity contribution in [3.63, 3.8) is 0 Å². The van der Waals surface area contributed by atoms with Crippen LogP contribution in [0.15, 0.2) is 53.4 Å². The number of nitrogens with one attached hydrogen (secondary N) is 2. The average molecular weight is 444 g/mol. The molecule has 1 heterocycles. The normalized spacial score (nSPS) is 12.6. The van der Waals surface area contributed by atoms with E-state index in [1.54, 1.807) is 32.0 Å². The van der Waals surface area contributed by atoms with Crippen molar-refractivity contribution in [3.05, 3.63) is 65.6 Å². The molecule has 31 heavy (non-hydrogen) atoms. The minimum absolute atomic E-state index is 0.0905. The molecule has 0 bridgehead atoms. The van der Waals surface area contributed by atoms with Crippen LogP contribution >= 0.6 is 0 Å². The third kappa shape index (κ3) is 5.54. The van der Waals surface area contributed by atoms with Crippen LogP contribution in [0.25, 0.3) is 0 Å². The van der Waals surface area contributed by atoms with Gasteiger partial charge >= 0.3 is 0 Å². The molecule has 0 aliphatic heterocycles. The molecule has 1 amide bonds. The molecule has 0 spiro atoms. The van der Waals surface area contributed by atoms with Crippen molar-refractivity contribution in [2.75, 3.05) is 18.2 Å². The highest BCUT2D eigenvalue weighted by Gasteiger charge is 2.19. The van der Waals surface area contributed by atoms with Crippen molar-refractivity contribution >= 4 is 21.3 Å². The molecule has 0 radical (unpaired) electrons. The summed E-state index contributed by atoms with van der Waals surface area (Å²) < 4.78 is 44.4. The number of hydrogen-bond donors (Lipinski definition) is 2. The average Bonchev–Trinajstić information content (AvgIpc) is 2.71. The number of halogens is 1. The van der Waals surface area contributed by atoms with Crippen molar-refractivity contribution in [1.82, 2.24) is 10.2 Å². The number of carbonyl (C=O) groups excluding carboxylic acids is 1. The molecule has 0 aliphatic carbocycles. The number of benzene rings is 2. The molecule has 3 aromatic rings. The van der Waals surface area contributed by atoms with Crippen LogP contribution in [0.2, 0.25) is 0 Å². The number of anilines is 1. The number of nitrogens with zero attached hydrogens (tertiary/aromatic N) is 2. The van der Waals surface area contributed by atoms with Gasteiger partial charge in [0.05, 0.1) is 22.0 Å². The van der Waals surface area contributed by atoms with Crippen molar-refractivity contribution in [3.8, 4) is 17.4 Å². The van der Waals surface area contributed by atoms with Crippen LogP contribution < -0.4 is 14.8 Å². The molecule has 1 atom stereocenters. The number of ether oxygens (including phenoxy) is 2.